The lowest BCUT2D eigenvalue weighted by Gasteiger charge is -2.04. The van der Waals surface area contributed by atoms with Gasteiger partial charge in [-0.2, -0.15) is 8.42 Å². The van der Waals surface area contributed by atoms with Crippen molar-refractivity contribution in [3.63, 3.8) is 0 Å². The van der Waals surface area contributed by atoms with Gasteiger partial charge in [0, 0.05) is 0 Å². The Morgan fingerprint density at radius 3 is 1.38 bits per heavy atom. The Hall–Kier alpha value is 1.21. The summed E-state index contributed by atoms with van der Waals surface area (Å²) in [5.41, 5.74) is 0. The Morgan fingerprint density at radius 1 is 1.25 bits per heavy atom. The maximum Gasteiger partial charge on any atom is 0.318 e. The van der Waals surface area contributed by atoms with Gasteiger partial charge in [0.2, 0.25) is 0 Å². The van der Waals surface area contributed by atoms with Crippen LogP contribution in [0.4, 0.5) is 0 Å². The molecule has 0 spiro atoms. The van der Waals surface area contributed by atoms with E-state index in [2.05, 4.69) is 0 Å². The molecule has 0 aromatic rings. The Morgan fingerprint density at radius 2 is 1.38 bits per heavy atom. The zero-order valence-corrected chi connectivity index (χ0v) is 7.23. The number of hydrogen-bond acceptors (Lipinski definition) is 2. The Kier molecular flexibility index (Phi) is 2.82. The van der Waals surface area contributed by atoms with E-state index in [1.54, 1.807) is 0 Å². The van der Waals surface area contributed by atoms with E-state index in [1.807, 2.05) is 0 Å². The van der Waals surface area contributed by atoms with Gasteiger partial charge in [0.15, 0.2) is 0 Å². The van der Waals surface area contributed by atoms with Gasteiger partial charge in [-0.15, -0.1) is 0 Å². The monoisotopic (exact) mass is 217 g/mol. The summed E-state index contributed by atoms with van der Waals surface area (Å²) in [6.07, 6.45) is 0. The fourth-order valence-corrected chi connectivity index (χ4v) is 0. The summed E-state index contributed by atoms with van der Waals surface area (Å²) in [5, 5.41) is 0. The van der Waals surface area contributed by atoms with Crippen molar-refractivity contribution in [2.75, 3.05) is 0 Å². The molecule has 0 aliphatic rings. The second kappa shape index (κ2) is 2.45. The normalized spacial score (nSPS) is 14.0. The third-order valence-electron chi connectivity index (χ3n) is 0.262. The van der Waals surface area contributed by atoms with Gasteiger partial charge < -0.3 is 0 Å². The van der Waals surface area contributed by atoms with Crippen LogP contribution in [-0.2, 0) is 9.74 Å². The molecule has 1 N–H and O–H groups in total. The molecule has 8 heteroatoms. The minimum Gasteiger partial charge on any atom is -0.280 e. The first-order valence-corrected chi connectivity index (χ1v) is 7.75. The van der Waals surface area contributed by atoms with Crippen LogP contribution in [0, 0.1) is 0 Å². The van der Waals surface area contributed by atoms with E-state index in [0.29, 0.717) is 0 Å². The molecule has 0 saturated heterocycles. The highest BCUT2D eigenvalue weighted by Gasteiger charge is 2.33. The van der Waals surface area contributed by atoms with Crippen LogP contribution in [-0.4, -0.2) is 13.0 Å². The average molecular weight is 218 g/mol. The first-order valence-electron chi connectivity index (χ1n) is 1.21. The summed E-state index contributed by atoms with van der Waals surface area (Å²) in [6.45, 7) is 0. The second-order valence-electron chi connectivity index (χ2n) is 0.847. The molecular formula is HCl3O3PS. The third-order valence-corrected chi connectivity index (χ3v) is 7.06. The summed E-state index contributed by atoms with van der Waals surface area (Å²) < 4.78 is 24.0. The zero-order valence-electron chi connectivity index (χ0n) is 3.25. The van der Waals surface area contributed by atoms with Gasteiger partial charge >= 0.3 is 9.74 Å². The van der Waals surface area contributed by atoms with Gasteiger partial charge in [-0.05, 0) is 33.7 Å². The third kappa shape index (κ3) is 2.67. The van der Waals surface area contributed by atoms with Crippen LogP contribution in [0.15, 0.2) is 0 Å². The molecule has 0 aromatic heterocycles. The largest absolute Gasteiger partial charge is 0.318 e. The standard InChI is InChI=1S/Cl3HO3PS/c1-7(2,3)8(4,5)6/h(H,4,5,6). The topological polar surface area (TPSA) is 54.4 Å². The van der Waals surface area contributed by atoms with Gasteiger partial charge in [0.05, 0.1) is 0 Å². The van der Waals surface area contributed by atoms with Crippen molar-refractivity contribution in [1.82, 2.24) is 0 Å². The van der Waals surface area contributed by atoms with Gasteiger partial charge in [-0.25, -0.2) is 0 Å². The first kappa shape index (κ1) is 9.21. The Labute approximate surface area is 61.1 Å². The van der Waals surface area contributed by atoms with Crippen LogP contribution in [0.5, 0.6) is 0 Å². The van der Waals surface area contributed by atoms with Crippen LogP contribution >= 0.6 is 38.2 Å². The highest BCUT2D eigenvalue weighted by atomic mass is 36.1. The van der Waals surface area contributed by atoms with Crippen molar-refractivity contribution >= 4 is 48.0 Å². The summed E-state index contributed by atoms with van der Waals surface area (Å²) in [4.78, 5) is 0. The van der Waals surface area contributed by atoms with Gasteiger partial charge in [-0.1, -0.05) is 0 Å². The fraction of sp³-hybridized carbons (Fsp3) is 0. The van der Waals surface area contributed by atoms with Crippen LogP contribution in [0.2, 0.25) is 0 Å². The molecule has 0 amide bonds. The number of hydrogen-bond donors (Lipinski definition) is 1. The minimum absolute atomic E-state index is 3.66. The Balaban J connectivity index is 4.53. The molecule has 8 heavy (non-hydrogen) atoms. The molecule has 0 rings (SSSR count). The van der Waals surface area contributed by atoms with Crippen molar-refractivity contribution in [2.24, 2.45) is 0 Å². The predicted molar refractivity (Wildman–Crippen MR) is 36.0 cm³/mol. The van der Waals surface area contributed by atoms with Gasteiger partial charge in [-0.3, -0.25) is 4.55 Å². The minimum atomic E-state index is -4.43. The molecule has 0 fully saturated rings. The molecule has 0 bridgehead atoms. The lowest BCUT2D eigenvalue weighted by Crippen LogP contribution is -1.89. The maximum atomic E-state index is 9.86. The number of rotatable bonds is 1. The molecule has 0 atom stereocenters. The molecular weight excluding hydrogens is 217 g/mol. The highest BCUT2D eigenvalue weighted by molar-refractivity contribution is 8.79. The van der Waals surface area contributed by atoms with Crippen molar-refractivity contribution in [1.29, 1.82) is 0 Å². The highest BCUT2D eigenvalue weighted by Crippen LogP contribution is 2.77. The molecule has 51 valence electrons. The fourth-order valence-electron chi connectivity index (χ4n) is 0. The zero-order chi connectivity index (χ0) is 7.00. The molecule has 0 aliphatic heterocycles. The van der Waals surface area contributed by atoms with Crippen molar-refractivity contribution < 1.29 is 13.0 Å². The van der Waals surface area contributed by atoms with Crippen LogP contribution in [0.1, 0.15) is 0 Å². The van der Waals surface area contributed by atoms with E-state index in [-0.39, 0.29) is 0 Å². The maximum absolute atomic E-state index is 9.86. The van der Waals surface area contributed by atoms with Crippen molar-refractivity contribution in [3.8, 4) is 0 Å². The van der Waals surface area contributed by atoms with E-state index in [4.69, 9.17) is 38.3 Å². The lowest BCUT2D eigenvalue weighted by molar-refractivity contribution is 0.502. The summed E-state index contributed by atoms with van der Waals surface area (Å²) in [7, 11) is -4.43. The van der Waals surface area contributed by atoms with Crippen molar-refractivity contribution in [3.05, 3.63) is 0 Å². The van der Waals surface area contributed by atoms with E-state index in [0.717, 1.165) is 0 Å². The predicted octanol–water partition coefficient (Wildman–Crippen LogP) is 2.27. The molecule has 0 unspecified atom stereocenters. The molecule has 1 radical (unpaired) electrons. The smallest absolute Gasteiger partial charge is 0.280 e. The van der Waals surface area contributed by atoms with Gasteiger partial charge in [0.1, 0.15) is 0 Å². The molecule has 0 saturated carbocycles. The number of halogens is 3. The second-order valence-corrected chi connectivity index (χ2v) is 13.5. The van der Waals surface area contributed by atoms with E-state index in [9.17, 15) is 8.42 Å². The molecule has 0 aliphatic carbocycles. The summed E-state index contributed by atoms with van der Waals surface area (Å²) in [6, 6.07) is 0. The quantitative estimate of drug-likeness (QED) is 0.542. The van der Waals surface area contributed by atoms with Crippen LogP contribution in [0.3, 0.4) is 0 Å². The van der Waals surface area contributed by atoms with E-state index >= 15 is 0 Å². The Bertz CT molecular complexity index is 163. The van der Waals surface area contributed by atoms with Gasteiger partial charge in [0.25, 0.3) is 4.52 Å². The molecule has 0 heterocycles. The van der Waals surface area contributed by atoms with E-state index < -0.39 is 14.3 Å². The summed E-state index contributed by atoms with van der Waals surface area (Å²) in [5.74, 6) is 0. The van der Waals surface area contributed by atoms with Crippen LogP contribution < -0.4 is 0 Å². The lowest BCUT2D eigenvalue weighted by atomic mass is 15.9. The van der Waals surface area contributed by atoms with Crippen molar-refractivity contribution in [2.45, 2.75) is 0 Å². The SMILES string of the molecule is O=S(=O)(O)[P](Cl)(Cl)Cl. The first-order chi connectivity index (χ1) is 3.25. The average Bonchev–Trinajstić information content (AvgIpc) is 1.25. The summed E-state index contributed by atoms with van der Waals surface area (Å²) >= 11 is 14.4. The molecule has 0 aromatic carbocycles. The molecule has 3 nitrogen and oxygen atoms in total. The van der Waals surface area contributed by atoms with E-state index in [1.165, 1.54) is 0 Å². The van der Waals surface area contributed by atoms with Crippen LogP contribution in [0.25, 0.3) is 0 Å².